The molecule has 2 aromatic rings. The van der Waals surface area contributed by atoms with Crippen molar-refractivity contribution in [1.82, 2.24) is 4.98 Å². The first-order valence-corrected chi connectivity index (χ1v) is 4.84. The molecule has 0 saturated carbocycles. The molecule has 1 N–H and O–H groups in total. The van der Waals surface area contributed by atoms with E-state index in [1.165, 1.54) is 12.3 Å². The standard InChI is InChI=1S/C12H10FN3/c1-7-3-9-11(15-2)8(5-14)6-16-12(9)10(13)4-7/h3-4,6H,1-2H3,(H,15,16). The molecular formula is C12H10FN3. The molecular weight excluding hydrogens is 205 g/mol. The van der Waals surface area contributed by atoms with Gasteiger partial charge in [0.25, 0.3) is 0 Å². The molecule has 0 bridgehead atoms. The maximum Gasteiger partial charge on any atom is 0.149 e. The van der Waals surface area contributed by atoms with Gasteiger partial charge in [-0.05, 0) is 24.6 Å². The summed E-state index contributed by atoms with van der Waals surface area (Å²) in [4.78, 5) is 3.96. The molecule has 80 valence electrons. The highest BCUT2D eigenvalue weighted by molar-refractivity contribution is 5.94. The van der Waals surface area contributed by atoms with Gasteiger partial charge in [-0.2, -0.15) is 5.26 Å². The zero-order valence-corrected chi connectivity index (χ0v) is 9.00. The van der Waals surface area contributed by atoms with E-state index in [1.807, 2.05) is 12.1 Å². The van der Waals surface area contributed by atoms with E-state index in [0.717, 1.165) is 5.56 Å². The van der Waals surface area contributed by atoms with E-state index < -0.39 is 0 Å². The first-order chi connectivity index (χ1) is 7.67. The van der Waals surface area contributed by atoms with Crippen molar-refractivity contribution in [3.05, 3.63) is 35.3 Å². The van der Waals surface area contributed by atoms with Crippen molar-refractivity contribution >= 4 is 16.6 Å². The summed E-state index contributed by atoms with van der Waals surface area (Å²) < 4.78 is 13.6. The summed E-state index contributed by atoms with van der Waals surface area (Å²) in [5.74, 6) is -0.365. The maximum absolute atomic E-state index is 13.6. The van der Waals surface area contributed by atoms with Gasteiger partial charge >= 0.3 is 0 Å². The largest absolute Gasteiger partial charge is 0.386 e. The van der Waals surface area contributed by atoms with Gasteiger partial charge in [0.15, 0.2) is 0 Å². The predicted molar refractivity (Wildman–Crippen MR) is 60.7 cm³/mol. The van der Waals surface area contributed by atoms with E-state index in [0.29, 0.717) is 16.6 Å². The second kappa shape index (κ2) is 3.78. The van der Waals surface area contributed by atoms with Crippen LogP contribution < -0.4 is 5.32 Å². The summed E-state index contributed by atoms with van der Waals surface area (Å²) in [5, 5.41) is 12.5. The zero-order chi connectivity index (χ0) is 11.7. The molecule has 0 amide bonds. The number of anilines is 1. The number of fused-ring (bicyclic) bond motifs is 1. The first-order valence-electron chi connectivity index (χ1n) is 4.84. The van der Waals surface area contributed by atoms with Gasteiger partial charge in [0.2, 0.25) is 0 Å². The van der Waals surface area contributed by atoms with Gasteiger partial charge in [0.1, 0.15) is 17.4 Å². The lowest BCUT2D eigenvalue weighted by Crippen LogP contribution is -1.97. The summed E-state index contributed by atoms with van der Waals surface area (Å²) in [6.07, 6.45) is 1.38. The molecule has 1 aromatic heterocycles. The number of aromatic nitrogens is 1. The average Bonchev–Trinajstić information content (AvgIpc) is 2.27. The minimum Gasteiger partial charge on any atom is -0.386 e. The monoisotopic (exact) mass is 215 g/mol. The van der Waals surface area contributed by atoms with Crippen molar-refractivity contribution in [2.75, 3.05) is 12.4 Å². The third-order valence-corrected chi connectivity index (χ3v) is 2.44. The molecule has 0 saturated heterocycles. The highest BCUT2D eigenvalue weighted by Crippen LogP contribution is 2.27. The third kappa shape index (κ3) is 1.47. The molecule has 0 radical (unpaired) electrons. The van der Waals surface area contributed by atoms with Gasteiger partial charge in [0, 0.05) is 18.6 Å². The minimum atomic E-state index is -0.365. The molecule has 0 unspecified atom stereocenters. The van der Waals surface area contributed by atoms with Gasteiger partial charge < -0.3 is 5.32 Å². The van der Waals surface area contributed by atoms with Gasteiger partial charge in [-0.25, -0.2) is 4.39 Å². The number of pyridine rings is 1. The van der Waals surface area contributed by atoms with Gasteiger partial charge in [-0.1, -0.05) is 0 Å². The van der Waals surface area contributed by atoms with E-state index in [1.54, 1.807) is 14.0 Å². The zero-order valence-electron chi connectivity index (χ0n) is 9.00. The van der Waals surface area contributed by atoms with Crippen LogP contribution in [0.3, 0.4) is 0 Å². The summed E-state index contributed by atoms with van der Waals surface area (Å²) in [6, 6.07) is 5.28. The fourth-order valence-electron chi connectivity index (χ4n) is 1.75. The van der Waals surface area contributed by atoms with E-state index in [2.05, 4.69) is 10.3 Å². The Morgan fingerprint density at radius 2 is 2.19 bits per heavy atom. The lowest BCUT2D eigenvalue weighted by atomic mass is 10.1. The quantitative estimate of drug-likeness (QED) is 0.795. The lowest BCUT2D eigenvalue weighted by molar-refractivity contribution is 0.635. The van der Waals surface area contributed by atoms with Crippen LogP contribution in [0.5, 0.6) is 0 Å². The molecule has 0 aliphatic carbocycles. The number of hydrogen-bond acceptors (Lipinski definition) is 3. The summed E-state index contributed by atoms with van der Waals surface area (Å²) >= 11 is 0. The van der Waals surface area contributed by atoms with Crippen LogP contribution in [-0.4, -0.2) is 12.0 Å². The Labute approximate surface area is 92.5 Å². The lowest BCUT2D eigenvalue weighted by Gasteiger charge is -2.08. The third-order valence-electron chi connectivity index (χ3n) is 2.44. The Balaban J connectivity index is 2.93. The molecule has 1 aromatic carbocycles. The van der Waals surface area contributed by atoms with E-state index in [4.69, 9.17) is 5.26 Å². The van der Waals surface area contributed by atoms with E-state index in [-0.39, 0.29) is 11.3 Å². The minimum absolute atomic E-state index is 0.286. The van der Waals surface area contributed by atoms with Crippen LogP contribution in [0.15, 0.2) is 18.3 Å². The average molecular weight is 215 g/mol. The molecule has 0 fully saturated rings. The molecule has 4 heteroatoms. The van der Waals surface area contributed by atoms with Crippen molar-refractivity contribution in [2.45, 2.75) is 6.92 Å². The predicted octanol–water partition coefficient (Wildman–Crippen LogP) is 2.60. The fraction of sp³-hybridized carbons (Fsp3) is 0.167. The second-order valence-electron chi connectivity index (χ2n) is 3.55. The number of nitrogens with one attached hydrogen (secondary N) is 1. The normalized spacial score (nSPS) is 10.1. The first kappa shape index (κ1) is 10.4. The molecule has 0 atom stereocenters. The Morgan fingerprint density at radius 1 is 1.44 bits per heavy atom. The van der Waals surface area contributed by atoms with E-state index in [9.17, 15) is 4.39 Å². The summed E-state index contributed by atoms with van der Waals surface area (Å²) in [6.45, 7) is 1.81. The van der Waals surface area contributed by atoms with Crippen LogP contribution in [0, 0.1) is 24.1 Å². The molecule has 2 rings (SSSR count). The second-order valence-corrected chi connectivity index (χ2v) is 3.55. The van der Waals surface area contributed by atoms with Crippen molar-refractivity contribution in [3.8, 4) is 6.07 Å². The van der Waals surface area contributed by atoms with Crippen LogP contribution in [0.4, 0.5) is 10.1 Å². The summed E-state index contributed by atoms with van der Waals surface area (Å²) in [7, 11) is 1.70. The van der Waals surface area contributed by atoms with Crippen molar-refractivity contribution in [2.24, 2.45) is 0 Å². The topological polar surface area (TPSA) is 48.7 Å². The molecule has 0 spiro atoms. The number of hydrogen-bond donors (Lipinski definition) is 1. The Morgan fingerprint density at radius 3 is 2.81 bits per heavy atom. The smallest absolute Gasteiger partial charge is 0.149 e. The molecule has 0 aliphatic rings. The van der Waals surface area contributed by atoms with Crippen LogP contribution >= 0.6 is 0 Å². The Hall–Kier alpha value is -2.15. The number of aryl methyl sites for hydroxylation is 1. The van der Waals surface area contributed by atoms with Crippen molar-refractivity contribution in [3.63, 3.8) is 0 Å². The van der Waals surface area contributed by atoms with Crippen LogP contribution in [0.2, 0.25) is 0 Å². The van der Waals surface area contributed by atoms with E-state index >= 15 is 0 Å². The number of nitriles is 1. The molecule has 3 nitrogen and oxygen atoms in total. The Kier molecular flexibility index (Phi) is 2.45. The maximum atomic E-state index is 13.6. The molecule has 0 aliphatic heterocycles. The van der Waals surface area contributed by atoms with Crippen LogP contribution in [0.1, 0.15) is 11.1 Å². The van der Waals surface area contributed by atoms with Gasteiger partial charge in [-0.15, -0.1) is 0 Å². The van der Waals surface area contributed by atoms with Crippen LogP contribution in [0.25, 0.3) is 10.9 Å². The van der Waals surface area contributed by atoms with Gasteiger partial charge in [0.05, 0.1) is 11.3 Å². The fourth-order valence-corrected chi connectivity index (χ4v) is 1.75. The highest BCUT2D eigenvalue weighted by Gasteiger charge is 2.10. The molecule has 1 heterocycles. The number of rotatable bonds is 1. The summed E-state index contributed by atoms with van der Waals surface area (Å²) in [5.41, 5.74) is 2.13. The number of nitrogens with zero attached hydrogens (tertiary/aromatic N) is 2. The van der Waals surface area contributed by atoms with Crippen molar-refractivity contribution < 1.29 is 4.39 Å². The van der Waals surface area contributed by atoms with Gasteiger partial charge in [-0.3, -0.25) is 4.98 Å². The number of halogens is 1. The molecule has 16 heavy (non-hydrogen) atoms. The Bertz CT molecular complexity index is 599. The SMILES string of the molecule is CNc1c(C#N)cnc2c(F)cc(C)cc12. The van der Waals surface area contributed by atoms with Crippen LogP contribution in [-0.2, 0) is 0 Å². The highest BCUT2D eigenvalue weighted by atomic mass is 19.1. The number of benzene rings is 1. The van der Waals surface area contributed by atoms with Crippen molar-refractivity contribution in [1.29, 1.82) is 5.26 Å².